The van der Waals surface area contributed by atoms with Crippen LogP contribution in [-0.4, -0.2) is 42.3 Å². The fourth-order valence-electron chi connectivity index (χ4n) is 3.20. The molecular formula is C21H24N4O4. The van der Waals surface area contributed by atoms with Crippen molar-refractivity contribution in [3.8, 4) is 0 Å². The van der Waals surface area contributed by atoms with Crippen LogP contribution >= 0.6 is 0 Å². The molecule has 0 radical (unpaired) electrons. The molecule has 0 aliphatic carbocycles. The number of methoxy groups -OCH3 is 2. The number of hydrogen-bond donors (Lipinski definition) is 2. The van der Waals surface area contributed by atoms with Gasteiger partial charge in [-0.1, -0.05) is 29.8 Å². The van der Waals surface area contributed by atoms with Crippen molar-refractivity contribution in [3.63, 3.8) is 0 Å². The summed E-state index contributed by atoms with van der Waals surface area (Å²) in [7, 11) is 4.43. The number of fused-ring (bicyclic) bond motifs is 1. The van der Waals surface area contributed by atoms with Crippen molar-refractivity contribution in [2.75, 3.05) is 31.5 Å². The lowest BCUT2D eigenvalue weighted by Crippen LogP contribution is -2.19. The summed E-state index contributed by atoms with van der Waals surface area (Å²) in [5, 5.41) is 6.71. The molecule has 0 aliphatic heterocycles. The Labute approximate surface area is 168 Å². The Morgan fingerprint density at radius 3 is 2.69 bits per heavy atom. The van der Waals surface area contributed by atoms with E-state index in [-0.39, 0.29) is 18.2 Å². The summed E-state index contributed by atoms with van der Waals surface area (Å²) in [6.45, 7) is 2.54. The minimum absolute atomic E-state index is 0.129. The molecule has 0 saturated heterocycles. The summed E-state index contributed by atoms with van der Waals surface area (Å²) in [5.41, 5.74) is 4.22. The van der Waals surface area contributed by atoms with Crippen LogP contribution in [0.4, 0.5) is 11.4 Å². The van der Waals surface area contributed by atoms with Crippen LogP contribution in [0.5, 0.6) is 0 Å². The zero-order valence-electron chi connectivity index (χ0n) is 16.9. The van der Waals surface area contributed by atoms with Crippen molar-refractivity contribution in [1.29, 1.82) is 0 Å². The molecule has 0 bridgehead atoms. The maximum Gasteiger partial charge on any atom is 0.356 e. The highest BCUT2D eigenvalue weighted by atomic mass is 16.5. The average Bonchev–Trinajstić information content (AvgIpc) is 2.97. The van der Waals surface area contributed by atoms with Crippen LogP contribution in [0.2, 0.25) is 0 Å². The van der Waals surface area contributed by atoms with E-state index in [1.807, 2.05) is 31.2 Å². The molecule has 0 aliphatic rings. The van der Waals surface area contributed by atoms with Crippen LogP contribution in [0.15, 0.2) is 36.5 Å². The summed E-state index contributed by atoms with van der Waals surface area (Å²) in [6, 6.07) is 10.1. The van der Waals surface area contributed by atoms with Crippen molar-refractivity contribution in [3.05, 3.63) is 53.3 Å². The van der Waals surface area contributed by atoms with Crippen LogP contribution in [0.1, 0.15) is 21.6 Å². The fourth-order valence-corrected chi connectivity index (χ4v) is 3.20. The number of ether oxygens (including phenoxy) is 2. The van der Waals surface area contributed by atoms with Crippen molar-refractivity contribution >= 4 is 34.3 Å². The number of amides is 1. The van der Waals surface area contributed by atoms with Crippen LogP contribution in [0.3, 0.4) is 0 Å². The lowest BCUT2D eigenvalue weighted by molar-refractivity contribution is -0.119. The minimum Gasteiger partial charge on any atom is -0.464 e. The quantitative estimate of drug-likeness (QED) is 0.597. The van der Waals surface area contributed by atoms with E-state index in [2.05, 4.69) is 21.7 Å². The van der Waals surface area contributed by atoms with Crippen LogP contribution in [0, 0.1) is 6.92 Å². The Morgan fingerprint density at radius 2 is 2.00 bits per heavy atom. The molecule has 0 atom stereocenters. The van der Waals surface area contributed by atoms with Gasteiger partial charge in [0.15, 0.2) is 5.69 Å². The molecule has 2 aromatic heterocycles. The summed E-state index contributed by atoms with van der Waals surface area (Å²) in [4.78, 5) is 28.9. The Kier molecular flexibility index (Phi) is 6.13. The number of anilines is 2. The zero-order chi connectivity index (χ0) is 21.0. The van der Waals surface area contributed by atoms with E-state index in [1.165, 1.54) is 19.8 Å². The highest BCUT2D eigenvalue weighted by Gasteiger charge is 2.24. The van der Waals surface area contributed by atoms with Gasteiger partial charge >= 0.3 is 5.97 Å². The molecule has 152 valence electrons. The Bertz CT molecular complexity index is 1060. The van der Waals surface area contributed by atoms with Crippen molar-refractivity contribution < 1.29 is 19.1 Å². The highest BCUT2D eigenvalue weighted by molar-refractivity contribution is 6.11. The van der Waals surface area contributed by atoms with Gasteiger partial charge in [-0.3, -0.25) is 4.79 Å². The standard InChI is InChI=1S/C21H24N4O4/c1-13-6-5-7-14(8-13)10-22-15-9-16-18(24-17(26)12-28-3)19(21(27)29-4)25(2)20(16)23-11-15/h5-9,11,22H,10,12H2,1-4H3,(H,24,26). The molecule has 2 N–H and O–H groups in total. The third-order valence-electron chi connectivity index (χ3n) is 4.52. The number of nitrogens with zero attached hydrogens (tertiary/aromatic N) is 2. The zero-order valence-corrected chi connectivity index (χ0v) is 16.9. The van der Waals surface area contributed by atoms with E-state index in [4.69, 9.17) is 9.47 Å². The van der Waals surface area contributed by atoms with Gasteiger partial charge < -0.3 is 24.7 Å². The molecule has 1 aromatic carbocycles. The SMILES string of the molecule is COCC(=O)Nc1c(C(=O)OC)n(C)c2ncc(NCc3cccc(C)c3)cc12. The van der Waals surface area contributed by atoms with Gasteiger partial charge in [-0.05, 0) is 18.6 Å². The van der Waals surface area contributed by atoms with E-state index in [9.17, 15) is 9.59 Å². The molecule has 0 spiro atoms. The average molecular weight is 396 g/mol. The van der Waals surface area contributed by atoms with E-state index in [1.54, 1.807) is 17.8 Å². The first-order chi connectivity index (χ1) is 13.9. The van der Waals surface area contributed by atoms with E-state index in [0.717, 1.165) is 11.3 Å². The number of carbonyl (C=O) groups is 2. The lowest BCUT2D eigenvalue weighted by atomic mass is 10.1. The number of hydrogen-bond acceptors (Lipinski definition) is 6. The normalized spacial score (nSPS) is 10.8. The van der Waals surface area contributed by atoms with Crippen molar-refractivity contribution in [2.24, 2.45) is 7.05 Å². The van der Waals surface area contributed by atoms with Crippen molar-refractivity contribution in [2.45, 2.75) is 13.5 Å². The van der Waals surface area contributed by atoms with Gasteiger partial charge in [0.2, 0.25) is 5.91 Å². The van der Waals surface area contributed by atoms with Crippen LogP contribution in [-0.2, 0) is 27.9 Å². The minimum atomic E-state index is -0.563. The first-order valence-electron chi connectivity index (χ1n) is 9.09. The van der Waals surface area contributed by atoms with Gasteiger partial charge in [0, 0.05) is 26.1 Å². The van der Waals surface area contributed by atoms with Gasteiger partial charge in [0.05, 0.1) is 24.7 Å². The number of pyridine rings is 1. The second-order valence-electron chi connectivity index (χ2n) is 6.69. The van der Waals surface area contributed by atoms with E-state index >= 15 is 0 Å². The molecule has 0 saturated carbocycles. The summed E-state index contributed by atoms with van der Waals surface area (Å²) >= 11 is 0. The Balaban J connectivity index is 1.98. The molecule has 0 fully saturated rings. The monoisotopic (exact) mass is 396 g/mol. The molecule has 2 heterocycles. The number of aromatic nitrogens is 2. The second-order valence-corrected chi connectivity index (χ2v) is 6.69. The van der Waals surface area contributed by atoms with Crippen LogP contribution in [0.25, 0.3) is 11.0 Å². The van der Waals surface area contributed by atoms with Gasteiger partial charge in [-0.2, -0.15) is 0 Å². The van der Waals surface area contributed by atoms with Gasteiger partial charge in [-0.15, -0.1) is 0 Å². The number of esters is 1. The first kappa shape index (κ1) is 20.3. The Hall–Kier alpha value is -3.39. The van der Waals surface area contributed by atoms with Crippen LogP contribution < -0.4 is 10.6 Å². The fraction of sp³-hybridized carbons (Fsp3) is 0.286. The number of nitrogens with one attached hydrogen (secondary N) is 2. The molecule has 0 unspecified atom stereocenters. The van der Waals surface area contributed by atoms with Gasteiger partial charge in [-0.25, -0.2) is 9.78 Å². The molecule has 3 aromatic rings. The molecule has 3 rings (SSSR count). The molecule has 8 nitrogen and oxygen atoms in total. The third kappa shape index (κ3) is 4.38. The predicted molar refractivity (Wildman–Crippen MR) is 111 cm³/mol. The number of benzene rings is 1. The largest absolute Gasteiger partial charge is 0.464 e. The van der Waals surface area contributed by atoms with E-state index < -0.39 is 5.97 Å². The maximum atomic E-state index is 12.3. The van der Waals surface area contributed by atoms with Gasteiger partial charge in [0.1, 0.15) is 12.3 Å². The maximum absolute atomic E-state index is 12.3. The molecular weight excluding hydrogens is 372 g/mol. The second kappa shape index (κ2) is 8.74. The topological polar surface area (TPSA) is 94.5 Å². The molecule has 8 heteroatoms. The molecule has 1 amide bonds. The molecule has 29 heavy (non-hydrogen) atoms. The number of aryl methyl sites for hydroxylation is 2. The predicted octanol–water partition coefficient (Wildman–Crippen LogP) is 2.87. The van der Waals surface area contributed by atoms with E-state index in [0.29, 0.717) is 23.3 Å². The lowest BCUT2D eigenvalue weighted by Gasteiger charge is -2.08. The van der Waals surface area contributed by atoms with Crippen molar-refractivity contribution in [1.82, 2.24) is 9.55 Å². The summed E-state index contributed by atoms with van der Waals surface area (Å²) in [5.74, 6) is -0.934. The number of carbonyl (C=O) groups excluding carboxylic acids is 2. The summed E-state index contributed by atoms with van der Waals surface area (Å²) in [6.07, 6.45) is 1.69. The first-order valence-corrected chi connectivity index (χ1v) is 9.09. The summed E-state index contributed by atoms with van der Waals surface area (Å²) < 4.78 is 11.4. The smallest absolute Gasteiger partial charge is 0.356 e. The van der Waals surface area contributed by atoms with Gasteiger partial charge in [0.25, 0.3) is 0 Å². The third-order valence-corrected chi connectivity index (χ3v) is 4.52. The Morgan fingerprint density at radius 1 is 1.21 bits per heavy atom. The highest BCUT2D eigenvalue weighted by Crippen LogP contribution is 2.31. The number of rotatable bonds is 7.